The lowest BCUT2D eigenvalue weighted by Gasteiger charge is -2.32. The van der Waals surface area contributed by atoms with Crippen LogP contribution in [-0.4, -0.2) is 35.7 Å². The summed E-state index contributed by atoms with van der Waals surface area (Å²) in [6, 6.07) is 14.5. The number of hydrogen-bond donors (Lipinski definition) is 1. The molecule has 0 spiro atoms. The highest BCUT2D eigenvalue weighted by Gasteiger charge is 2.43. The molecule has 1 fully saturated rings. The number of nitrogens with zero attached hydrogens (tertiary/aromatic N) is 2. The third-order valence-electron chi connectivity index (χ3n) is 5.91. The summed E-state index contributed by atoms with van der Waals surface area (Å²) < 4.78 is 0. The maximum Gasteiger partial charge on any atom is 0.282 e. The maximum absolute atomic E-state index is 13.6. The van der Waals surface area contributed by atoms with E-state index in [2.05, 4.69) is 17.1 Å². The van der Waals surface area contributed by atoms with Crippen LogP contribution in [0, 0.1) is 12.8 Å². The largest absolute Gasteiger partial charge is 0.366 e. The molecule has 0 unspecified atom stereocenters. The Bertz CT molecular complexity index is 1060. The van der Waals surface area contributed by atoms with Crippen LogP contribution in [0.2, 0.25) is 0 Å². The Kier molecular flexibility index (Phi) is 5.63. The summed E-state index contributed by atoms with van der Waals surface area (Å²) in [5, 5.41) is 2.74. The second kappa shape index (κ2) is 8.38. The first-order valence-corrected chi connectivity index (χ1v) is 10.7. The van der Waals surface area contributed by atoms with Crippen LogP contribution in [0.1, 0.15) is 37.8 Å². The van der Waals surface area contributed by atoms with Gasteiger partial charge in [-0.2, -0.15) is 0 Å². The Hall–Kier alpha value is -3.41. The van der Waals surface area contributed by atoms with E-state index in [4.69, 9.17) is 0 Å². The number of piperidine rings is 1. The van der Waals surface area contributed by atoms with Crippen molar-refractivity contribution in [2.45, 2.75) is 33.6 Å². The van der Waals surface area contributed by atoms with Crippen molar-refractivity contribution in [2.75, 3.05) is 23.3 Å². The lowest BCUT2D eigenvalue weighted by molar-refractivity contribution is -0.121. The van der Waals surface area contributed by atoms with Crippen LogP contribution < -0.4 is 10.2 Å². The molecule has 160 valence electrons. The van der Waals surface area contributed by atoms with Gasteiger partial charge in [0.2, 0.25) is 5.91 Å². The fraction of sp³-hybridized carbons (Fsp3) is 0.320. The second-order valence-corrected chi connectivity index (χ2v) is 8.44. The number of carbonyl (C=O) groups is 3. The molecule has 1 N–H and O–H groups in total. The zero-order chi connectivity index (χ0) is 22.1. The third kappa shape index (κ3) is 4.10. The standard InChI is InChI=1S/C25H27N3O3/c1-16-11-13-27(14-12-16)23-22(19-7-9-20(10-8-19)26-18(3)29)24(30)28(25(23)31)21-6-4-5-17(2)15-21/h4-10,15-16H,11-14H2,1-3H3,(H,26,29). The van der Waals surface area contributed by atoms with Crippen LogP contribution in [0.4, 0.5) is 11.4 Å². The van der Waals surface area contributed by atoms with E-state index >= 15 is 0 Å². The van der Waals surface area contributed by atoms with Crippen molar-refractivity contribution < 1.29 is 14.4 Å². The minimum absolute atomic E-state index is 0.159. The number of likely N-dealkylation sites (tertiary alicyclic amines) is 1. The van der Waals surface area contributed by atoms with Crippen molar-refractivity contribution in [1.82, 2.24) is 4.90 Å². The molecule has 0 aliphatic carbocycles. The van der Waals surface area contributed by atoms with Gasteiger partial charge in [0, 0.05) is 25.7 Å². The molecule has 3 amide bonds. The molecule has 2 aliphatic heterocycles. The van der Waals surface area contributed by atoms with E-state index in [1.54, 1.807) is 30.3 Å². The van der Waals surface area contributed by atoms with Crippen LogP contribution in [0.25, 0.3) is 5.57 Å². The lowest BCUT2D eigenvalue weighted by atomic mass is 9.97. The summed E-state index contributed by atoms with van der Waals surface area (Å²) in [7, 11) is 0. The third-order valence-corrected chi connectivity index (χ3v) is 5.91. The molecule has 4 rings (SSSR count). The van der Waals surface area contributed by atoms with E-state index in [1.165, 1.54) is 11.8 Å². The van der Waals surface area contributed by atoms with E-state index in [9.17, 15) is 14.4 Å². The summed E-state index contributed by atoms with van der Waals surface area (Å²) in [4.78, 5) is 41.8. The van der Waals surface area contributed by atoms with Gasteiger partial charge < -0.3 is 10.2 Å². The topological polar surface area (TPSA) is 69.7 Å². The second-order valence-electron chi connectivity index (χ2n) is 8.44. The highest BCUT2D eigenvalue weighted by atomic mass is 16.2. The molecule has 2 aliphatic rings. The Morgan fingerprint density at radius 3 is 2.29 bits per heavy atom. The van der Waals surface area contributed by atoms with Gasteiger partial charge in [0.15, 0.2) is 0 Å². The Labute approximate surface area is 182 Å². The Morgan fingerprint density at radius 2 is 1.68 bits per heavy atom. The molecule has 0 bridgehead atoms. The monoisotopic (exact) mass is 417 g/mol. The molecule has 2 heterocycles. The number of imide groups is 1. The van der Waals surface area contributed by atoms with E-state index < -0.39 is 0 Å². The van der Waals surface area contributed by atoms with Gasteiger partial charge in [0.1, 0.15) is 5.70 Å². The molecule has 2 aromatic rings. The first-order valence-electron chi connectivity index (χ1n) is 10.7. The number of benzene rings is 2. The zero-order valence-electron chi connectivity index (χ0n) is 18.1. The summed E-state index contributed by atoms with van der Waals surface area (Å²) in [5.74, 6) is -0.132. The fourth-order valence-corrected chi connectivity index (χ4v) is 4.23. The summed E-state index contributed by atoms with van der Waals surface area (Å²) >= 11 is 0. The SMILES string of the molecule is CC(=O)Nc1ccc(C2=C(N3CCC(C)CC3)C(=O)N(c3cccc(C)c3)C2=O)cc1. The van der Waals surface area contributed by atoms with Crippen molar-refractivity contribution in [3.8, 4) is 0 Å². The highest BCUT2D eigenvalue weighted by molar-refractivity contribution is 6.45. The molecule has 1 saturated heterocycles. The average Bonchev–Trinajstić information content (AvgIpc) is 2.99. The smallest absolute Gasteiger partial charge is 0.282 e. The summed E-state index contributed by atoms with van der Waals surface area (Å²) in [6.07, 6.45) is 1.98. The van der Waals surface area contributed by atoms with Gasteiger partial charge in [0.05, 0.1) is 11.3 Å². The molecule has 2 aromatic carbocycles. The molecular weight excluding hydrogens is 390 g/mol. The minimum Gasteiger partial charge on any atom is -0.366 e. The van der Waals surface area contributed by atoms with Crippen molar-refractivity contribution in [1.29, 1.82) is 0 Å². The normalized spacial score (nSPS) is 17.5. The molecule has 0 radical (unpaired) electrons. The van der Waals surface area contributed by atoms with E-state index in [0.29, 0.717) is 34.1 Å². The molecule has 6 heteroatoms. The van der Waals surface area contributed by atoms with Gasteiger partial charge in [-0.25, -0.2) is 4.90 Å². The zero-order valence-corrected chi connectivity index (χ0v) is 18.1. The van der Waals surface area contributed by atoms with Crippen LogP contribution in [0.5, 0.6) is 0 Å². The predicted octanol–water partition coefficient (Wildman–Crippen LogP) is 3.97. The number of nitrogens with one attached hydrogen (secondary N) is 1. The number of rotatable bonds is 4. The molecule has 6 nitrogen and oxygen atoms in total. The molecule has 0 atom stereocenters. The van der Waals surface area contributed by atoms with Crippen LogP contribution in [0.15, 0.2) is 54.2 Å². The minimum atomic E-state index is -0.309. The molecular formula is C25H27N3O3. The Balaban J connectivity index is 1.77. The lowest BCUT2D eigenvalue weighted by Crippen LogP contribution is -2.38. The molecule has 31 heavy (non-hydrogen) atoms. The number of hydrogen-bond acceptors (Lipinski definition) is 4. The van der Waals surface area contributed by atoms with E-state index in [-0.39, 0.29) is 17.7 Å². The summed E-state index contributed by atoms with van der Waals surface area (Å²) in [5.41, 5.74) is 3.80. The predicted molar refractivity (Wildman–Crippen MR) is 121 cm³/mol. The van der Waals surface area contributed by atoms with Crippen molar-refractivity contribution in [3.63, 3.8) is 0 Å². The van der Waals surface area contributed by atoms with Crippen molar-refractivity contribution in [3.05, 3.63) is 65.4 Å². The number of carbonyl (C=O) groups excluding carboxylic acids is 3. The maximum atomic E-state index is 13.6. The number of amides is 3. The van der Waals surface area contributed by atoms with E-state index in [0.717, 1.165) is 31.5 Å². The highest BCUT2D eigenvalue weighted by Crippen LogP contribution is 2.36. The fourth-order valence-electron chi connectivity index (χ4n) is 4.23. The van der Waals surface area contributed by atoms with Gasteiger partial charge in [-0.15, -0.1) is 0 Å². The Morgan fingerprint density at radius 1 is 1.00 bits per heavy atom. The van der Waals surface area contributed by atoms with Crippen LogP contribution >= 0.6 is 0 Å². The van der Waals surface area contributed by atoms with Crippen LogP contribution in [-0.2, 0) is 14.4 Å². The number of anilines is 2. The quantitative estimate of drug-likeness (QED) is 0.765. The van der Waals surface area contributed by atoms with Gasteiger partial charge in [-0.3, -0.25) is 14.4 Å². The molecule has 0 saturated carbocycles. The average molecular weight is 418 g/mol. The van der Waals surface area contributed by atoms with Gasteiger partial charge >= 0.3 is 0 Å². The first-order chi connectivity index (χ1) is 14.8. The van der Waals surface area contributed by atoms with Gasteiger partial charge in [-0.1, -0.05) is 31.2 Å². The van der Waals surface area contributed by atoms with Crippen molar-refractivity contribution in [2.24, 2.45) is 5.92 Å². The van der Waals surface area contributed by atoms with Crippen LogP contribution in [0.3, 0.4) is 0 Å². The first kappa shape index (κ1) is 20.8. The van der Waals surface area contributed by atoms with E-state index in [1.807, 2.05) is 25.1 Å². The van der Waals surface area contributed by atoms with Crippen molar-refractivity contribution >= 4 is 34.7 Å². The molecule has 0 aromatic heterocycles. The van der Waals surface area contributed by atoms with Gasteiger partial charge in [-0.05, 0) is 61.1 Å². The summed E-state index contributed by atoms with van der Waals surface area (Å²) in [6.45, 7) is 7.12. The van der Waals surface area contributed by atoms with Gasteiger partial charge in [0.25, 0.3) is 11.8 Å². The number of aryl methyl sites for hydroxylation is 1.